The van der Waals surface area contributed by atoms with Gasteiger partial charge in [0.25, 0.3) is 11.8 Å². The molecule has 0 unspecified atom stereocenters. The molecule has 7 heterocycles. The summed E-state index contributed by atoms with van der Waals surface area (Å²) >= 11 is 3.33. The molecule has 4 saturated carbocycles. The molecule has 406 valence electrons. The molecule has 24 heteroatoms. The van der Waals surface area contributed by atoms with Gasteiger partial charge in [0, 0.05) is 54.7 Å². The molecule has 6 N–H and O–H groups in total. The number of rotatable bonds is 12. The topological polar surface area (TPSA) is 261 Å². The van der Waals surface area contributed by atoms with Crippen molar-refractivity contribution >= 4 is 66.2 Å². The highest BCUT2D eigenvalue weighted by Gasteiger charge is 2.64. The van der Waals surface area contributed by atoms with E-state index >= 15 is 0 Å². The second-order valence-electron chi connectivity index (χ2n) is 24.6. The first-order valence-corrected chi connectivity index (χ1v) is 27.0. The predicted octanol–water partition coefficient (Wildman–Crippen LogP) is 6.86. The Morgan fingerprint density at radius 1 is 0.526 bits per heavy atom. The summed E-state index contributed by atoms with van der Waals surface area (Å²) in [5.41, 5.74) is 10.6. The van der Waals surface area contributed by atoms with Crippen molar-refractivity contribution < 1.29 is 47.0 Å². The van der Waals surface area contributed by atoms with Crippen LogP contribution in [0, 0.1) is 10.8 Å². The lowest BCUT2D eigenvalue weighted by Crippen LogP contribution is -2.56. The summed E-state index contributed by atoms with van der Waals surface area (Å²) in [5, 5.41) is 6.78. The molecule has 0 radical (unpaired) electrons. The number of anilines is 2. The number of primary amides is 2. The van der Waals surface area contributed by atoms with Crippen LogP contribution in [0.15, 0.2) is 65.9 Å². The summed E-state index contributed by atoms with van der Waals surface area (Å²) < 4.78 is 48.7. The Hall–Kier alpha value is -4.97. The Morgan fingerprint density at radius 3 is 1.20 bits per heavy atom. The summed E-state index contributed by atoms with van der Waals surface area (Å²) in [5.74, 6) is 0.905. The van der Waals surface area contributed by atoms with Gasteiger partial charge in [-0.25, -0.2) is 29.9 Å². The van der Waals surface area contributed by atoms with E-state index in [1.165, 1.54) is 0 Å². The van der Waals surface area contributed by atoms with Gasteiger partial charge in [0.2, 0.25) is 23.7 Å². The smallest absolute Gasteiger partial charge is 0.474 e. The van der Waals surface area contributed by atoms with Crippen LogP contribution in [0.2, 0.25) is 0 Å². The van der Waals surface area contributed by atoms with Crippen molar-refractivity contribution in [3.63, 3.8) is 0 Å². The normalized spacial score (nSPS) is 29.2. The number of nitrogens with zero attached hydrogens (tertiary/aromatic N) is 6. The lowest BCUT2D eigenvalue weighted by molar-refractivity contribution is -0.0763. The Bertz CT molecular complexity index is 2670. The molecule has 7 aliphatic rings. The fourth-order valence-electron chi connectivity index (χ4n) is 10.7. The van der Waals surface area contributed by atoms with E-state index in [4.69, 9.17) is 48.9 Å². The first-order chi connectivity index (χ1) is 35.5. The molecule has 0 aromatic carbocycles. The number of hydrogen-bond acceptors (Lipinski definition) is 18. The highest BCUT2D eigenvalue weighted by Crippen LogP contribution is 2.58. The molecule has 3 saturated heterocycles. The van der Waals surface area contributed by atoms with Crippen molar-refractivity contribution in [1.82, 2.24) is 29.9 Å². The number of halogens is 1. The van der Waals surface area contributed by atoms with Gasteiger partial charge in [0.15, 0.2) is 0 Å². The number of amides is 2. The zero-order chi connectivity index (χ0) is 54.9. The highest BCUT2D eigenvalue weighted by molar-refractivity contribution is 9.10. The maximum absolute atomic E-state index is 11.5. The molecule has 4 aromatic rings. The average Bonchev–Trinajstić information content (AvgIpc) is 3.77. The molecule has 0 bridgehead atoms. The van der Waals surface area contributed by atoms with Crippen molar-refractivity contribution in [2.75, 3.05) is 10.6 Å². The molecule has 4 aliphatic carbocycles. The molecule has 11 rings (SSSR count). The minimum atomic E-state index is -0.524. The van der Waals surface area contributed by atoms with Crippen LogP contribution in [0.1, 0.15) is 155 Å². The van der Waals surface area contributed by atoms with Crippen molar-refractivity contribution in [2.45, 2.75) is 192 Å². The van der Waals surface area contributed by atoms with Gasteiger partial charge in [0.1, 0.15) is 23.3 Å². The highest BCUT2D eigenvalue weighted by atomic mass is 79.9. The standard InChI is InChI=1S/C23H30BN5O4.C17H18BrN5O2.C12H24B2O4/c1-21(2)22(3,4)33-24(32-21)14-12-27-20(28-13-14)29-15-8-23(9-15)10-16(11-23)31-19-17(18(25)30)6-5-7-26-19;18-10-8-21-16(22-9-10)23-11-4-17(5-11)6-12(7-17)25-15-13(14(19)24)2-1-3-20-15;1-9(2)10(3,4)16-13(15-9)14-17-11(5,6)12(7,8)18-14/h5-7,12-13,15-16H,8-11H2,1-4H3,(H2,25,30)(H,27,28,29);1-3,8-9,11-12H,4-7H2,(H2,19,24)(H,21,22,23);1-8H3. The Balaban J connectivity index is 0.000000146. The summed E-state index contributed by atoms with van der Waals surface area (Å²) in [6, 6.07) is 7.38. The Morgan fingerprint density at radius 2 is 0.855 bits per heavy atom. The van der Waals surface area contributed by atoms with E-state index in [1.54, 1.807) is 61.4 Å². The van der Waals surface area contributed by atoms with E-state index in [1.807, 2.05) is 83.1 Å². The summed E-state index contributed by atoms with van der Waals surface area (Å²) in [7, 11) is -1.41. The lowest BCUT2D eigenvalue weighted by Gasteiger charge is -2.57. The third-order valence-electron chi connectivity index (χ3n) is 17.2. The van der Waals surface area contributed by atoms with Crippen LogP contribution in [-0.4, -0.2) is 121 Å². The molecular weight excluding hydrogens is 1040 g/mol. The Labute approximate surface area is 455 Å². The minimum absolute atomic E-state index is 0.0643. The number of pyridine rings is 2. The van der Waals surface area contributed by atoms with Crippen molar-refractivity contribution in [3.05, 3.63) is 77.0 Å². The summed E-state index contributed by atoms with van der Waals surface area (Å²) in [6.07, 6.45) is 18.5. The maximum Gasteiger partial charge on any atom is 0.498 e. The molecule has 7 fully saturated rings. The fraction of sp³-hybridized carbons (Fsp3) is 0.615. The van der Waals surface area contributed by atoms with Gasteiger partial charge < -0.3 is 59.5 Å². The van der Waals surface area contributed by atoms with Gasteiger partial charge in [-0.1, -0.05) is 0 Å². The number of carbonyl (C=O) groups excluding carboxylic acids is 2. The summed E-state index contributed by atoms with van der Waals surface area (Å²) in [6.45, 7) is 24.3. The van der Waals surface area contributed by atoms with Crippen molar-refractivity contribution in [2.24, 2.45) is 22.3 Å². The van der Waals surface area contributed by atoms with Crippen LogP contribution >= 0.6 is 15.9 Å². The molecule has 20 nitrogen and oxygen atoms in total. The van der Waals surface area contributed by atoms with Gasteiger partial charge in [-0.3, -0.25) is 9.59 Å². The first-order valence-electron chi connectivity index (χ1n) is 26.2. The number of aromatic nitrogens is 6. The number of ether oxygens (including phenoxy) is 2. The van der Waals surface area contributed by atoms with Gasteiger partial charge in [-0.2, -0.15) is 0 Å². The number of nitrogens with one attached hydrogen (secondary N) is 2. The van der Waals surface area contributed by atoms with Gasteiger partial charge >= 0.3 is 21.1 Å². The van der Waals surface area contributed by atoms with E-state index in [9.17, 15) is 9.59 Å². The van der Waals surface area contributed by atoms with Crippen LogP contribution in [0.4, 0.5) is 11.9 Å². The third kappa shape index (κ3) is 11.6. The number of nitrogens with two attached hydrogens (primary N) is 2. The van der Waals surface area contributed by atoms with Crippen molar-refractivity contribution in [1.29, 1.82) is 0 Å². The quantitative estimate of drug-likeness (QED) is 0.106. The number of hydrogen-bond donors (Lipinski definition) is 4. The number of carbonyl (C=O) groups is 2. The van der Waals surface area contributed by atoms with E-state index in [0.717, 1.165) is 61.3 Å². The van der Waals surface area contributed by atoms with Crippen LogP contribution < -0.4 is 37.0 Å². The van der Waals surface area contributed by atoms with Crippen LogP contribution in [0.25, 0.3) is 0 Å². The monoisotopic (exact) mass is 1110 g/mol. The fourth-order valence-corrected chi connectivity index (χ4v) is 11.0. The van der Waals surface area contributed by atoms with Crippen LogP contribution in [-0.2, 0) is 27.9 Å². The second-order valence-corrected chi connectivity index (χ2v) is 25.6. The van der Waals surface area contributed by atoms with Crippen LogP contribution in [0.3, 0.4) is 0 Å². The molecule has 4 aromatic heterocycles. The van der Waals surface area contributed by atoms with E-state index in [0.29, 0.717) is 52.3 Å². The largest absolute Gasteiger partial charge is 0.498 e. The SMILES string of the molecule is CC1(C)OB(B2OC(C)(C)C(C)(C)O2)OC1(C)C.CC1(C)OB(c2cnc(NC3CC4(C3)CC(Oc3ncccc3C(N)=O)C4)nc2)OC1(C)C.NC(=O)c1cccnc1OC1CC2(CC(Nc3ncc(Br)cn3)C2)C1. The molecule has 2 spiro atoms. The maximum atomic E-state index is 11.5. The van der Waals surface area contributed by atoms with E-state index in [2.05, 4.69) is 56.5 Å². The molecular formula is C52H72B3BrN10O10. The van der Waals surface area contributed by atoms with Crippen LogP contribution in [0.5, 0.6) is 11.8 Å². The van der Waals surface area contributed by atoms with Gasteiger partial charge in [0.05, 0.1) is 38.1 Å². The summed E-state index contributed by atoms with van der Waals surface area (Å²) in [4.78, 5) is 48.7. The Kier molecular flexibility index (Phi) is 14.9. The van der Waals surface area contributed by atoms with Gasteiger partial charge in [-0.15, -0.1) is 0 Å². The predicted molar refractivity (Wildman–Crippen MR) is 291 cm³/mol. The minimum Gasteiger partial charge on any atom is -0.474 e. The lowest BCUT2D eigenvalue weighted by atomic mass is 9.49. The zero-order valence-electron chi connectivity index (χ0n) is 45.8. The molecule has 2 amide bonds. The second kappa shape index (κ2) is 20.4. The first kappa shape index (κ1) is 55.8. The average molecular weight is 1110 g/mol. The van der Waals surface area contributed by atoms with Crippen molar-refractivity contribution in [3.8, 4) is 11.8 Å². The zero-order valence-corrected chi connectivity index (χ0v) is 47.4. The van der Waals surface area contributed by atoms with Gasteiger partial charge in [-0.05, 0) is 185 Å². The van der Waals surface area contributed by atoms with E-state index in [-0.39, 0.29) is 40.0 Å². The molecule has 0 atom stereocenters. The molecule has 76 heavy (non-hydrogen) atoms. The third-order valence-corrected chi connectivity index (χ3v) is 17.6. The molecule has 3 aliphatic heterocycles. The van der Waals surface area contributed by atoms with E-state index < -0.39 is 44.2 Å².